The van der Waals surface area contributed by atoms with E-state index < -0.39 is 9.96 Å². The quantitative estimate of drug-likeness (QED) is 0.634. The molecule has 0 saturated heterocycles. The van der Waals surface area contributed by atoms with Gasteiger partial charge in [-0.3, -0.25) is 4.79 Å². The summed E-state index contributed by atoms with van der Waals surface area (Å²) in [6.45, 7) is 3.51. The number of carbonyl (C=O) groups excluding carboxylic acids is 1. The Morgan fingerprint density at radius 2 is 1.89 bits per heavy atom. The lowest BCUT2D eigenvalue weighted by Crippen LogP contribution is -2.50. The molecule has 19 heavy (non-hydrogen) atoms. The molecule has 1 amide bonds. The average Bonchev–Trinajstić information content (AvgIpc) is 2.26. The van der Waals surface area contributed by atoms with Crippen molar-refractivity contribution in [1.82, 2.24) is 5.32 Å². The molecule has 106 valence electrons. The van der Waals surface area contributed by atoms with E-state index >= 15 is 0 Å². The largest absolute Gasteiger partial charge is 0.362 e. The van der Waals surface area contributed by atoms with Gasteiger partial charge in [0.2, 0.25) is 9.70 Å². The van der Waals surface area contributed by atoms with E-state index in [-0.39, 0.29) is 11.8 Å². The number of nitrogens with one attached hydrogen (secondary N) is 2. The average molecular weight is 344 g/mol. The highest BCUT2D eigenvalue weighted by molar-refractivity contribution is 6.68. The summed E-state index contributed by atoms with van der Waals surface area (Å²) in [5.41, 5.74) is 0.646. The molecule has 0 aliphatic heterocycles. The minimum absolute atomic E-state index is 0.212. The molecule has 0 saturated carbocycles. The fourth-order valence-electron chi connectivity index (χ4n) is 1.25. The van der Waals surface area contributed by atoms with E-state index in [2.05, 4.69) is 10.6 Å². The molecule has 1 aromatic carbocycles. The van der Waals surface area contributed by atoms with Crippen LogP contribution in [0.1, 0.15) is 13.8 Å². The molecule has 0 aromatic heterocycles. The minimum atomic E-state index is -1.69. The maximum atomic E-state index is 11.7. The number of benzene rings is 1. The lowest BCUT2D eigenvalue weighted by Gasteiger charge is -2.28. The monoisotopic (exact) mass is 342 g/mol. The zero-order valence-corrected chi connectivity index (χ0v) is 13.4. The van der Waals surface area contributed by atoms with Crippen molar-refractivity contribution in [3.8, 4) is 0 Å². The standard InChI is InChI=1S/C12H14Cl4N2O/c1-7(2)10(19)18-11(12(14,15)16)17-9-5-3-4-8(13)6-9/h3-7,11,17H,1-2H3,(H,18,19). The molecule has 0 fully saturated rings. The van der Waals surface area contributed by atoms with Crippen molar-refractivity contribution < 1.29 is 4.79 Å². The summed E-state index contributed by atoms with van der Waals surface area (Å²) < 4.78 is -1.69. The van der Waals surface area contributed by atoms with Crippen LogP contribution in [0.2, 0.25) is 5.02 Å². The summed E-state index contributed by atoms with van der Waals surface area (Å²) in [7, 11) is 0. The fraction of sp³-hybridized carbons (Fsp3) is 0.417. The molecule has 1 aromatic rings. The Hall–Kier alpha value is -0.350. The molecule has 0 radical (unpaired) electrons. The first-order valence-corrected chi connectivity index (χ1v) is 7.10. The van der Waals surface area contributed by atoms with Crippen molar-refractivity contribution in [1.29, 1.82) is 0 Å². The van der Waals surface area contributed by atoms with Gasteiger partial charge in [0.1, 0.15) is 6.17 Å². The summed E-state index contributed by atoms with van der Waals surface area (Å²) in [5, 5.41) is 6.11. The third-order valence-electron chi connectivity index (χ3n) is 2.27. The van der Waals surface area contributed by atoms with Gasteiger partial charge in [-0.05, 0) is 18.2 Å². The zero-order chi connectivity index (χ0) is 14.6. The van der Waals surface area contributed by atoms with Gasteiger partial charge in [-0.1, -0.05) is 66.3 Å². The Morgan fingerprint density at radius 3 is 2.37 bits per heavy atom. The maximum Gasteiger partial charge on any atom is 0.228 e. The smallest absolute Gasteiger partial charge is 0.228 e. The number of hydrogen-bond donors (Lipinski definition) is 2. The first-order valence-electron chi connectivity index (χ1n) is 5.59. The van der Waals surface area contributed by atoms with Crippen molar-refractivity contribution in [3.05, 3.63) is 29.3 Å². The van der Waals surface area contributed by atoms with Gasteiger partial charge in [0, 0.05) is 16.6 Å². The van der Waals surface area contributed by atoms with E-state index in [4.69, 9.17) is 46.4 Å². The second kappa shape index (κ2) is 6.89. The predicted molar refractivity (Wildman–Crippen MR) is 82.1 cm³/mol. The first-order chi connectivity index (χ1) is 8.70. The summed E-state index contributed by atoms with van der Waals surface area (Å²) in [4.78, 5) is 11.7. The van der Waals surface area contributed by atoms with E-state index in [1.165, 1.54) is 0 Å². The van der Waals surface area contributed by atoms with Gasteiger partial charge in [-0.2, -0.15) is 0 Å². The molecule has 3 nitrogen and oxygen atoms in total. The highest BCUT2D eigenvalue weighted by Crippen LogP contribution is 2.31. The van der Waals surface area contributed by atoms with Crippen LogP contribution in [0.25, 0.3) is 0 Å². The van der Waals surface area contributed by atoms with E-state index in [1.54, 1.807) is 38.1 Å². The van der Waals surface area contributed by atoms with Crippen LogP contribution in [0, 0.1) is 5.92 Å². The lowest BCUT2D eigenvalue weighted by molar-refractivity contribution is -0.124. The van der Waals surface area contributed by atoms with Gasteiger partial charge in [0.15, 0.2) is 0 Å². The van der Waals surface area contributed by atoms with Crippen LogP contribution in [-0.2, 0) is 4.79 Å². The molecule has 0 aliphatic carbocycles. The van der Waals surface area contributed by atoms with Crippen LogP contribution in [0.4, 0.5) is 5.69 Å². The second-order valence-electron chi connectivity index (χ2n) is 4.29. The van der Waals surface area contributed by atoms with Gasteiger partial charge in [0.05, 0.1) is 0 Å². The molecule has 1 unspecified atom stereocenters. The number of amides is 1. The third kappa shape index (κ3) is 5.65. The van der Waals surface area contributed by atoms with E-state index in [0.717, 1.165) is 0 Å². The van der Waals surface area contributed by atoms with Crippen molar-refractivity contribution in [2.75, 3.05) is 5.32 Å². The Kier molecular flexibility index (Phi) is 6.06. The lowest BCUT2D eigenvalue weighted by atomic mass is 10.2. The molecular formula is C12H14Cl4N2O. The van der Waals surface area contributed by atoms with Gasteiger partial charge in [-0.15, -0.1) is 0 Å². The molecule has 7 heteroatoms. The number of carbonyl (C=O) groups is 1. The number of anilines is 1. The van der Waals surface area contributed by atoms with Crippen LogP contribution < -0.4 is 10.6 Å². The molecule has 0 spiro atoms. The molecule has 1 rings (SSSR count). The first kappa shape index (κ1) is 16.7. The van der Waals surface area contributed by atoms with Gasteiger partial charge in [0.25, 0.3) is 0 Å². The molecule has 0 heterocycles. The predicted octanol–water partition coefficient (Wildman–Crippen LogP) is 4.22. The number of alkyl halides is 3. The Labute approximate surface area is 132 Å². The normalized spacial score (nSPS) is 13.2. The Morgan fingerprint density at radius 1 is 1.26 bits per heavy atom. The van der Waals surface area contributed by atoms with Crippen LogP contribution in [-0.4, -0.2) is 15.9 Å². The number of halogens is 4. The van der Waals surface area contributed by atoms with Gasteiger partial charge >= 0.3 is 0 Å². The summed E-state index contributed by atoms with van der Waals surface area (Å²) in [5.74, 6) is -0.429. The maximum absolute atomic E-state index is 11.7. The molecule has 2 N–H and O–H groups in total. The number of hydrogen-bond acceptors (Lipinski definition) is 2. The van der Waals surface area contributed by atoms with Crippen LogP contribution in [0.15, 0.2) is 24.3 Å². The van der Waals surface area contributed by atoms with Crippen LogP contribution in [0.5, 0.6) is 0 Å². The van der Waals surface area contributed by atoms with E-state index in [1.807, 2.05) is 0 Å². The highest BCUT2D eigenvalue weighted by atomic mass is 35.6. The van der Waals surface area contributed by atoms with E-state index in [0.29, 0.717) is 10.7 Å². The minimum Gasteiger partial charge on any atom is -0.362 e. The second-order valence-corrected chi connectivity index (χ2v) is 7.10. The molecule has 0 bridgehead atoms. The van der Waals surface area contributed by atoms with Crippen molar-refractivity contribution in [2.45, 2.75) is 23.8 Å². The van der Waals surface area contributed by atoms with Crippen molar-refractivity contribution >= 4 is 58.0 Å². The van der Waals surface area contributed by atoms with Crippen LogP contribution >= 0.6 is 46.4 Å². The fourth-order valence-corrected chi connectivity index (χ4v) is 1.77. The summed E-state index contributed by atoms with van der Waals surface area (Å²) in [6.07, 6.45) is -0.856. The summed E-state index contributed by atoms with van der Waals surface area (Å²) in [6, 6.07) is 6.91. The third-order valence-corrected chi connectivity index (χ3v) is 3.16. The number of rotatable bonds is 4. The Balaban J connectivity index is 2.84. The Bertz CT molecular complexity index is 446. The van der Waals surface area contributed by atoms with E-state index in [9.17, 15) is 4.79 Å². The van der Waals surface area contributed by atoms with Crippen LogP contribution in [0.3, 0.4) is 0 Å². The molecule has 0 aliphatic rings. The van der Waals surface area contributed by atoms with Gasteiger partial charge in [-0.25, -0.2) is 0 Å². The summed E-state index contributed by atoms with van der Waals surface area (Å²) >= 11 is 23.4. The zero-order valence-electron chi connectivity index (χ0n) is 10.4. The SMILES string of the molecule is CC(C)C(=O)NC(Nc1cccc(Cl)c1)C(Cl)(Cl)Cl. The van der Waals surface area contributed by atoms with Crippen molar-refractivity contribution in [2.24, 2.45) is 5.92 Å². The highest BCUT2D eigenvalue weighted by Gasteiger charge is 2.34. The van der Waals surface area contributed by atoms with Gasteiger partial charge < -0.3 is 10.6 Å². The van der Waals surface area contributed by atoms with Crippen molar-refractivity contribution in [3.63, 3.8) is 0 Å². The topological polar surface area (TPSA) is 41.1 Å². The molecular weight excluding hydrogens is 330 g/mol. The molecule has 1 atom stereocenters.